The van der Waals surface area contributed by atoms with Gasteiger partial charge in [-0.3, -0.25) is 0 Å². The van der Waals surface area contributed by atoms with E-state index < -0.39 is 0 Å². The van der Waals surface area contributed by atoms with Crippen molar-refractivity contribution in [1.82, 2.24) is 0 Å². The van der Waals surface area contributed by atoms with Crippen molar-refractivity contribution in [1.29, 1.82) is 0 Å². The Morgan fingerprint density at radius 3 is 1.20 bits per heavy atom. The second-order valence-electron chi connectivity index (χ2n) is 25.9. The Hall–Kier alpha value is -8.02. The van der Waals surface area contributed by atoms with E-state index in [0.717, 1.165) is 91.4 Å². The Morgan fingerprint density at radius 2 is 0.643 bits per heavy atom. The van der Waals surface area contributed by atoms with E-state index in [2.05, 4.69) is 165 Å². The minimum Gasteiger partial charge on any atom is -0.508 e. The average molecular weight is 1120 g/mol. The molecule has 0 saturated heterocycles. The molecule has 0 fully saturated rings. The van der Waals surface area contributed by atoms with Crippen LogP contribution in [-0.2, 0) is 27.1 Å². The molecule has 0 radical (unpaired) electrons. The van der Waals surface area contributed by atoms with Crippen LogP contribution in [0.4, 0.5) is 0 Å². The zero-order chi connectivity index (χ0) is 61.4. The summed E-state index contributed by atoms with van der Waals surface area (Å²) in [6.45, 7) is 33.5. The molecule has 0 saturated carbocycles. The lowest BCUT2D eigenvalue weighted by Crippen LogP contribution is -2.16. The summed E-state index contributed by atoms with van der Waals surface area (Å²) in [5.74, 6) is 1.83. The summed E-state index contributed by atoms with van der Waals surface area (Å²) in [5, 5.41) is 62.2. The zero-order valence-corrected chi connectivity index (χ0v) is 52.7. The van der Waals surface area contributed by atoms with E-state index in [1.165, 1.54) is 33.2 Å². The maximum atomic E-state index is 10.6. The van der Waals surface area contributed by atoms with E-state index >= 15 is 0 Å². The van der Waals surface area contributed by atoms with Gasteiger partial charge >= 0.3 is 0 Å². The van der Waals surface area contributed by atoms with E-state index in [4.69, 9.17) is 0 Å². The summed E-state index contributed by atoms with van der Waals surface area (Å²) in [6, 6.07) is 64.2. The minimum atomic E-state index is 0.0763. The van der Waals surface area contributed by atoms with Crippen LogP contribution in [0, 0.1) is 0 Å². The van der Waals surface area contributed by atoms with Crippen molar-refractivity contribution >= 4 is 64.6 Å². The van der Waals surface area contributed by atoms with Gasteiger partial charge in [-0.1, -0.05) is 268 Å². The average Bonchev–Trinajstić information content (AvgIpc) is 1.57. The summed E-state index contributed by atoms with van der Waals surface area (Å²) in [5.41, 5.74) is 7.27. The molecule has 11 aromatic carbocycles. The topological polar surface area (TPSA) is 101 Å². The SMILES string of the molecule is CCC(C)(C)c1c2ccccc2c(O)c2ccccc12.CCC(C)(C)c1cc(O)c2ccccc2c1.CCC(C)(C)c1ccc2c(O)cccc2c1.CCC(C)(C)c1ccc2cc(O)ccc2c1.CCC(C)(C)c1cccc2c(O)cccc12. The van der Waals surface area contributed by atoms with Crippen molar-refractivity contribution in [3.05, 3.63) is 222 Å². The number of rotatable bonds is 10. The van der Waals surface area contributed by atoms with Crippen LogP contribution in [0.5, 0.6) is 28.7 Å². The molecule has 0 unspecified atom stereocenters. The van der Waals surface area contributed by atoms with Gasteiger partial charge in [-0.15, -0.1) is 0 Å². The highest BCUT2D eigenvalue weighted by molar-refractivity contribution is 6.09. The Balaban J connectivity index is 0.000000151. The molecule has 0 spiro atoms. The van der Waals surface area contributed by atoms with Gasteiger partial charge < -0.3 is 25.5 Å². The number of hydrogen-bond donors (Lipinski definition) is 5. The van der Waals surface area contributed by atoms with Crippen LogP contribution in [0.2, 0.25) is 0 Å². The third-order valence-electron chi connectivity index (χ3n) is 18.5. The van der Waals surface area contributed by atoms with Gasteiger partial charge in [0, 0.05) is 26.9 Å². The van der Waals surface area contributed by atoms with E-state index in [9.17, 15) is 25.5 Å². The predicted octanol–water partition coefficient (Wildman–Crippen LogP) is 22.3. The molecular weight excluding hydrogens is 1030 g/mol. The summed E-state index contributed by atoms with van der Waals surface area (Å²) < 4.78 is 0. The van der Waals surface area contributed by atoms with E-state index in [1.54, 1.807) is 24.3 Å². The second-order valence-corrected chi connectivity index (χ2v) is 25.9. The molecule has 0 aliphatic heterocycles. The maximum absolute atomic E-state index is 10.6. The van der Waals surface area contributed by atoms with Gasteiger partial charge in [-0.25, -0.2) is 0 Å². The number of phenolic OH excluding ortho intramolecular Hbond substituents is 5. The smallest absolute Gasteiger partial charge is 0.131 e. The van der Waals surface area contributed by atoms with Gasteiger partial charge in [-0.2, -0.15) is 0 Å². The van der Waals surface area contributed by atoms with E-state index in [-0.39, 0.29) is 27.1 Å². The Bertz CT molecular complexity index is 3970. The summed E-state index contributed by atoms with van der Waals surface area (Å²) in [7, 11) is 0. The Labute approximate surface area is 501 Å². The standard InChI is InChI=1S/C19H20O.4C15H18O/c1-4-19(2,3)17-13-9-5-7-11-15(13)18(20)16-12-8-6-10-14(16)17;1-4-15(2,3)13-9-5-8-12-11(13)7-6-10-14(12)16;1-4-15(2,3)13-7-5-12-10-14(16)8-6-11(12)9-13;1-4-15(2,3)12-8-9-13-11(10-12)6-5-7-14(13)16;1-4-15(2,3)12-9-11-7-5-6-8-13(11)14(16)10-12/h5-12,20H,4H2,1-3H3;4*5-10,16H,4H2,1-3H3. The number of fused-ring (bicyclic) bond motifs is 6. The van der Waals surface area contributed by atoms with Crippen molar-refractivity contribution in [2.45, 2.75) is 163 Å². The minimum absolute atomic E-state index is 0.0763. The summed E-state index contributed by atoms with van der Waals surface area (Å²) >= 11 is 0. The lowest BCUT2D eigenvalue weighted by atomic mass is 9.77. The number of aromatic hydroxyl groups is 5. The van der Waals surface area contributed by atoms with Gasteiger partial charge in [-0.05, 0) is 155 Å². The molecule has 0 atom stereocenters. The second kappa shape index (κ2) is 26.3. The van der Waals surface area contributed by atoms with Crippen molar-refractivity contribution in [2.24, 2.45) is 0 Å². The largest absolute Gasteiger partial charge is 0.508 e. The molecule has 5 heteroatoms. The van der Waals surface area contributed by atoms with E-state index in [0.29, 0.717) is 28.7 Å². The predicted molar refractivity (Wildman–Crippen MR) is 362 cm³/mol. The molecule has 0 aromatic heterocycles. The van der Waals surface area contributed by atoms with Gasteiger partial charge in [0.2, 0.25) is 0 Å². The molecule has 0 bridgehead atoms. The van der Waals surface area contributed by atoms with E-state index in [1.807, 2.05) is 109 Å². The molecule has 0 heterocycles. The quantitative estimate of drug-likeness (QED) is 0.0879. The number of hydrogen-bond acceptors (Lipinski definition) is 5. The lowest BCUT2D eigenvalue weighted by Gasteiger charge is -2.27. The fourth-order valence-electron chi connectivity index (χ4n) is 10.7. The number of phenols is 5. The first-order valence-corrected chi connectivity index (χ1v) is 30.3. The van der Waals surface area contributed by atoms with Gasteiger partial charge in [0.1, 0.15) is 28.7 Å². The maximum Gasteiger partial charge on any atom is 0.131 e. The third kappa shape index (κ3) is 14.1. The van der Waals surface area contributed by atoms with Gasteiger partial charge in [0.25, 0.3) is 0 Å². The van der Waals surface area contributed by atoms with Gasteiger partial charge in [0.05, 0.1) is 0 Å². The van der Waals surface area contributed by atoms with Crippen LogP contribution in [0.15, 0.2) is 194 Å². The molecule has 5 nitrogen and oxygen atoms in total. The summed E-state index contributed by atoms with van der Waals surface area (Å²) in [6.07, 6.45) is 5.44. The number of benzene rings is 11. The first-order chi connectivity index (χ1) is 39.7. The summed E-state index contributed by atoms with van der Waals surface area (Å²) in [4.78, 5) is 0. The highest BCUT2D eigenvalue weighted by atomic mass is 16.3. The molecule has 84 heavy (non-hydrogen) atoms. The monoisotopic (exact) mass is 1120 g/mol. The first-order valence-electron chi connectivity index (χ1n) is 30.3. The molecule has 11 rings (SSSR count). The van der Waals surface area contributed by atoms with Crippen LogP contribution in [0.25, 0.3) is 64.6 Å². The van der Waals surface area contributed by atoms with Crippen LogP contribution >= 0.6 is 0 Å². The highest BCUT2D eigenvalue weighted by Gasteiger charge is 2.26. The van der Waals surface area contributed by atoms with Crippen molar-refractivity contribution in [2.75, 3.05) is 0 Å². The van der Waals surface area contributed by atoms with Crippen LogP contribution in [0.3, 0.4) is 0 Å². The molecule has 11 aromatic rings. The highest BCUT2D eigenvalue weighted by Crippen LogP contribution is 2.44. The molecule has 5 N–H and O–H groups in total. The fourth-order valence-corrected chi connectivity index (χ4v) is 10.7. The zero-order valence-electron chi connectivity index (χ0n) is 52.7. The molecule has 0 aliphatic rings. The van der Waals surface area contributed by atoms with Crippen LogP contribution < -0.4 is 0 Å². The van der Waals surface area contributed by atoms with Crippen molar-refractivity contribution < 1.29 is 25.5 Å². The van der Waals surface area contributed by atoms with Crippen LogP contribution in [-0.4, -0.2) is 25.5 Å². The van der Waals surface area contributed by atoms with Crippen molar-refractivity contribution in [3.8, 4) is 28.7 Å². The normalized spacial score (nSPS) is 12.0. The lowest BCUT2D eigenvalue weighted by molar-refractivity contribution is 0.470. The van der Waals surface area contributed by atoms with Crippen LogP contribution in [0.1, 0.15) is 164 Å². The molecule has 0 aliphatic carbocycles. The fraction of sp³-hybridized carbons (Fsp3) is 0.316. The third-order valence-corrected chi connectivity index (χ3v) is 18.5. The Kier molecular flexibility index (Phi) is 19.9. The van der Waals surface area contributed by atoms with Crippen molar-refractivity contribution in [3.63, 3.8) is 0 Å². The Morgan fingerprint density at radius 1 is 0.262 bits per heavy atom. The molecule has 438 valence electrons. The molecular formula is C79H92O5. The van der Waals surface area contributed by atoms with Gasteiger partial charge in [0.15, 0.2) is 0 Å². The molecule has 0 amide bonds. The first kappa shape index (κ1) is 63.6.